The highest BCUT2D eigenvalue weighted by Gasteiger charge is 2.20. The number of thioether (sulfide) groups is 1. The van der Waals surface area contributed by atoms with E-state index in [1.165, 1.54) is 50.3 Å². The average Bonchev–Trinajstić information content (AvgIpc) is 2.34. The normalized spacial score (nSPS) is 12.3. The summed E-state index contributed by atoms with van der Waals surface area (Å²) in [6.45, 7) is 2.20. The molecule has 0 saturated carbocycles. The zero-order valence-corrected chi connectivity index (χ0v) is 12.6. The molecule has 0 aromatic heterocycles. The zero-order chi connectivity index (χ0) is 14.5. The maximum Gasteiger partial charge on any atom is 0.317 e. The molecule has 0 amide bonds. The van der Waals surface area contributed by atoms with Gasteiger partial charge in [0.25, 0.3) is 0 Å². The van der Waals surface area contributed by atoms with E-state index < -0.39 is 17.2 Å². The lowest BCUT2D eigenvalue weighted by Crippen LogP contribution is -2.20. The van der Waals surface area contributed by atoms with E-state index in [1.807, 2.05) is 0 Å². The standard InChI is InChI=1S/C14H26O4S/c1-2-3-4-5-6-7-8-9-10-19-12(14(17)18)11-13(15)16/h12H,2-11H2,1H3,(H,15,16)(H,17,18). The van der Waals surface area contributed by atoms with Crippen LogP contribution in [-0.2, 0) is 9.59 Å². The van der Waals surface area contributed by atoms with Crippen LogP contribution in [0.1, 0.15) is 64.7 Å². The van der Waals surface area contributed by atoms with Crippen LogP contribution in [-0.4, -0.2) is 33.2 Å². The van der Waals surface area contributed by atoms with Gasteiger partial charge in [-0.15, -0.1) is 11.8 Å². The fraction of sp³-hybridized carbons (Fsp3) is 0.857. The van der Waals surface area contributed by atoms with Crippen molar-refractivity contribution in [2.75, 3.05) is 5.75 Å². The maximum absolute atomic E-state index is 10.8. The summed E-state index contributed by atoms with van der Waals surface area (Å²) in [6, 6.07) is 0. The van der Waals surface area contributed by atoms with Crippen LogP contribution in [0.4, 0.5) is 0 Å². The first kappa shape index (κ1) is 18.3. The molecule has 0 rings (SSSR count). The molecule has 0 aromatic carbocycles. The molecule has 4 nitrogen and oxygen atoms in total. The van der Waals surface area contributed by atoms with Gasteiger partial charge in [-0.1, -0.05) is 51.9 Å². The summed E-state index contributed by atoms with van der Waals surface area (Å²) in [4.78, 5) is 21.3. The molecule has 1 unspecified atom stereocenters. The van der Waals surface area contributed by atoms with Crippen molar-refractivity contribution in [2.24, 2.45) is 0 Å². The molecule has 0 saturated heterocycles. The molecule has 5 heteroatoms. The molecule has 19 heavy (non-hydrogen) atoms. The Labute approximate surface area is 120 Å². The van der Waals surface area contributed by atoms with E-state index >= 15 is 0 Å². The topological polar surface area (TPSA) is 74.6 Å². The highest BCUT2D eigenvalue weighted by atomic mass is 32.2. The number of hydrogen-bond donors (Lipinski definition) is 2. The second-order valence-electron chi connectivity index (χ2n) is 4.77. The fourth-order valence-electron chi connectivity index (χ4n) is 1.84. The SMILES string of the molecule is CCCCCCCCCCSC(CC(=O)O)C(=O)O. The van der Waals surface area contributed by atoms with Gasteiger partial charge >= 0.3 is 11.9 Å². The van der Waals surface area contributed by atoms with Crippen molar-refractivity contribution in [3.8, 4) is 0 Å². The molecular weight excluding hydrogens is 264 g/mol. The summed E-state index contributed by atoms with van der Waals surface area (Å²) in [5.74, 6) is -1.33. The first-order valence-corrected chi connectivity index (χ1v) is 8.19. The fourth-order valence-corrected chi connectivity index (χ4v) is 2.90. The Bertz CT molecular complexity index is 256. The van der Waals surface area contributed by atoms with E-state index in [2.05, 4.69) is 6.92 Å². The van der Waals surface area contributed by atoms with Gasteiger partial charge in [0.1, 0.15) is 5.25 Å². The van der Waals surface area contributed by atoms with Crippen LogP contribution in [0.5, 0.6) is 0 Å². The van der Waals surface area contributed by atoms with E-state index in [9.17, 15) is 9.59 Å². The Balaban J connectivity index is 3.45. The third-order valence-electron chi connectivity index (χ3n) is 2.95. The Hall–Kier alpha value is -0.710. The van der Waals surface area contributed by atoms with Crippen molar-refractivity contribution < 1.29 is 19.8 Å². The largest absolute Gasteiger partial charge is 0.481 e. The molecule has 0 spiro atoms. The number of carbonyl (C=O) groups is 2. The molecule has 0 bridgehead atoms. The molecule has 0 aliphatic heterocycles. The van der Waals surface area contributed by atoms with Crippen molar-refractivity contribution in [2.45, 2.75) is 70.0 Å². The number of unbranched alkanes of at least 4 members (excludes halogenated alkanes) is 7. The minimum absolute atomic E-state index is 0.295. The maximum atomic E-state index is 10.8. The Kier molecular flexibility index (Phi) is 11.9. The van der Waals surface area contributed by atoms with Gasteiger partial charge in [-0.05, 0) is 12.2 Å². The predicted octanol–water partition coefficient (Wildman–Crippen LogP) is 3.79. The summed E-state index contributed by atoms with van der Waals surface area (Å²) in [5, 5.41) is 16.7. The van der Waals surface area contributed by atoms with E-state index in [4.69, 9.17) is 10.2 Å². The van der Waals surface area contributed by atoms with E-state index in [0.29, 0.717) is 0 Å². The van der Waals surface area contributed by atoms with Crippen LogP contribution in [0.15, 0.2) is 0 Å². The van der Waals surface area contributed by atoms with Gasteiger partial charge in [0.2, 0.25) is 0 Å². The molecule has 1 atom stereocenters. The van der Waals surface area contributed by atoms with Crippen molar-refractivity contribution in [1.82, 2.24) is 0 Å². The van der Waals surface area contributed by atoms with Crippen molar-refractivity contribution >= 4 is 23.7 Å². The lowest BCUT2D eigenvalue weighted by atomic mass is 10.1. The van der Waals surface area contributed by atoms with Gasteiger partial charge in [0.05, 0.1) is 6.42 Å². The highest BCUT2D eigenvalue weighted by molar-refractivity contribution is 8.00. The van der Waals surface area contributed by atoms with Gasteiger partial charge < -0.3 is 10.2 Å². The van der Waals surface area contributed by atoms with Gasteiger partial charge in [-0.2, -0.15) is 0 Å². The van der Waals surface area contributed by atoms with Crippen LogP contribution < -0.4 is 0 Å². The minimum Gasteiger partial charge on any atom is -0.481 e. The number of rotatable bonds is 13. The summed E-state index contributed by atoms with van der Waals surface area (Å²) >= 11 is 1.25. The molecular formula is C14H26O4S. The lowest BCUT2D eigenvalue weighted by Gasteiger charge is -2.09. The van der Waals surface area contributed by atoms with E-state index in [-0.39, 0.29) is 6.42 Å². The van der Waals surface area contributed by atoms with Crippen LogP contribution in [0.3, 0.4) is 0 Å². The Morgan fingerprint density at radius 1 is 0.947 bits per heavy atom. The van der Waals surface area contributed by atoms with Crippen LogP contribution in [0.25, 0.3) is 0 Å². The summed E-state index contributed by atoms with van der Waals surface area (Å²) in [6.07, 6.45) is 9.41. The van der Waals surface area contributed by atoms with Gasteiger partial charge in [0.15, 0.2) is 0 Å². The number of hydrogen-bond acceptors (Lipinski definition) is 3. The number of carboxylic acid groups (broad SMARTS) is 2. The molecule has 0 aromatic rings. The third kappa shape index (κ3) is 12.1. The quantitative estimate of drug-likeness (QED) is 0.505. The predicted molar refractivity (Wildman–Crippen MR) is 78.7 cm³/mol. The second-order valence-corrected chi connectivity index (χ2v) is 6.08. The summed E-state index contributed by atoms with van der Waals surface area (Å²) in [5.41, 5.74) is 0. The molecule has 0 aliphatic rings. The summed E-state index contributed by atoms with van der Waals surface area (Å²) in [7, 11) is 0. The lowest BCUT2D eigenvalue weighted by molar-refractivity contribution is -0.142. The second kappa shape index (κ2) is 12.3. The molecule has 2 N–H and O–H groups in total. The van der Waals surface area contributed by atoms with E-state index in [1.54, 1.807) is 0 Å². The Morgan fingerprint density at radius 2 is 1.47 bits per heavy atom. The number of carboxylic acids is 2. The molecule has 0 radical (unpaired) electrons. The third-order valence-corrected chi connectivity index (χ3v) is 4.25. The highest BCUT2D eigenvalue weighted by Crippen LogP contribution is 2.18. The first-order valence-electron chi connectivity index (χ1n) is 7.14. The summed E-state index contributed by atoms with van der Waals surface area (Å²) < 4.78 is 0. The minimum atomic E-state index is -1.05. The molecule has 112 valence electrons. The van der Waals surface area contributed by atoms with Crippen LogP contribution >= 0.6 is 11.8 Å². The van der Waals surface area contributed by atoms with Crippen molar-refractivity contribution in [3.63, 3.8) is 0 Å². The zero-order valence-electron chi connectivity index (χ0n) is 11.8. The molecule has 0 fully saturated rings. The van der Waals surface area contributed by atoms with E-state index in [0.717, 1.165) is 18.6 Å². The monoisotopic (exact) mass is 290 g/mol. The van der Waals surface area contributed by atoms with Crippen LogP contribution in [0.2, 0.25) is 0 Å². The van der Waals surface area contributed by atoms with Gasteiger partial charge in [-0.25, -0.2) is 0 Å². The smallest absolute Gasteiger partial charge is 0.317 e. The van der Waals surface area contributed by atoms with Crippen molar-refractivity contribution in [3.05, 3.63) is 0 Å². The molecule has 0 aliphatic carbocycles. The van der Waals surface area contributed by atoms with Crippen LogP contribution in [0, 0.1) is 0 Å². The van der Waals surface area contributed by atoms with Gasteiger partial charge in [-0.3, -0.25) is 9.59 Å². The number of aliphatic carboxylic acids is 2. The molecule has 0 heterocycles. The Morgan fingerprint density at radius 3 is 1.95 bits per heavy atom. The van der Waals surface area contributed by atoms with Gasteiger partial charge in [0, 0.05) is 0 Å². The first-order chi connectivity index (χ1) is 9.07. The van der Waals surface area contributed by atoms with Crippen molar-refractivity contribution in [1.29, 1.82) is 0 Å². The average molecular weight is 290 g/mol.